The Labute approximate surface area is 202 Å². The van der Waals surface area contributed by atoms with Crippen LogP contribution in [0.2, 0.25) is 0 Å². The molecule has 0 bridgehead atoms. The zero-order valence-electron chi connectivity index (χ0n) is 21.0. The topological polar surface area (TPSA) is 30.5 Å². The lowest BCUT2D eigenvalue weighted by molar-refractivity contribution is -0.659. The van der Waals surface area contributed by atoms with E-state index in [2.05, 4.69) is 83.2 Å². The summed E-state index contributed by atoms with van der Waals surface area (Å²) in [5.74, 6) is 1.80. The molecule has 4 aromatic rings. The van der Waals surface area contributed by atoms with Crippen LogP contribution in [-0.4, -0.2) is 14.1 Å². The first kappa shape index (κ1) is 23.9. The summed E-state index contributed by atoms with van der Waals surface area (Å²) >= 11 is 0. The summed E-state index contributed by atoms with van der Waals surface area (Å²) in [7, 11) is 4.08. The minimum absolute atomic E-state index is 0.0399. The third-order valence-electron chi connectivity index (χ3n) is 7.13. The minimum Gasteiger partial charge on any atom is -0.262 e. The highest BCUT2D eigenvalue weighted by Gasteiger charge is 2.32. The number of aryl methyl sites for hydroxylation is 4. The number of hydrogen-bond donors (Lipinski definition) is 0. The number of pyridine rings is 1. The van der Waals surface area contributed by atoms with Crippen molar-refractivity contribution in [1.82, 2.24) is 14.1 Å². The van der Waals surface area contributed by atoms with Gasteiger partial charge < -0.3 is 0 Å². The Kier molecular flexibility index (Phi) is 6.96. The predicted molar refractivity (Wildman–Crippen MR) is 132 cm³/mol. The molecule has 6 heteroatoms. The summed E-state index contributed by atoms with van der Waals surface area (Å²) in [6.07, 6.45) is 14.3. The molecular formula is C28H36FN5+2. The second-order valence-corrected chi connectivity index (χ2v) is 9.42. The fourth-order valence-electron chi connectivity index (χ4n) is 4.97. The highest BCUT2D eigenvalue weighted by molar-refractivity contribution is 5.61. The largest absolute Gasteiger partial charge is 0.291 e. The first-order valence-electron chi connectivity index (χ1n) is 12.2. The first-order chi connectivity index (χ1) is 16.4. The van der Waals surface area contributed by atoms with Gasteiger partial charge in [-0.2, -0.15) is 0 Å². The molecule has 0 aliphatic rings. The number of nitrogens with zero attached hydrogens (tertiary/aromatic N) is 5. The van der Waals surface area contributed by atoms with Crippen molar-refractivity contribution in [2.75, 3.05) is 0 Å². The van der Waals surface area contributed by atoms with E-state index in [1.165, 1.54) is 23.1 Å². The van der Waals surface area contributed by atoms with Crippen LogP contribution in [0, 0.1) is 5.82 Å². The molecule has 0 aliphatic heterocycles. The Bertz CT molecular complexity index is 1270. The molecule has 0 saturated heterocycles. The van der Waals surface area contributed by atoms with E-state index >= 15 is 0 Å². The SMILES string of the molecule is CCCn1cc[n+](C)c1-c1ccccc1C(C)(CC)CCn1cc[n+](C)c1-c1ccncc1F. The van der Waals surface area contributed by atoms with Gasteiger partial charge in [-0.15, -0.1) is 0 Å². The van der Waals surface area contributed by atoms with Crippen LogP contribution >= 0.6 is 0 Å². The maximum Gasteiger partial charge on any atom is 0.291 e. The Balaban J connectivity index is 1.70. The minimum atomic E-state index is -0.300. The summed E-state index contributed by atoms with van der Waals surface area (Å²) in [4.78, 5) is 3.92. The molecule has 1 atom stereocenters. The molecule has 0 spiro atoms. The van der Waals surface area contributed by atoms with E-state index in [9.17, 15) is 4.39 Å². The maximum absolute atomic E-state index is 14.6. The summed E-state index contributed by atoms with van der Waals surface area (Å²) in [6, 6.07) is 10.6. The molecule has 0 N–H and O–H groups in total. The molecule has 5 nitrogen and oxygen atoms in total. The molecule has 34 heavy (non-hydrogen) atoms. The Hall–Kier alpha value is -3.28. The van der Waals surface area contributed by atoms with Crippen LogP contribution in [0.4, 0.5) is 4.39 Å². The summed E-state index contributed by atoms with van der Waals surface area (Å²) in [5, 5.41) is 0. The van der Waals surface area contributed by atoms with E-state index in [1.54, 1.807) is 12.3 Å². The van der Waals surface area contributed by atoms with Crippen molar-refractivity contribution in [1.29, 1.82) is 0 Å². The Morgan fingerprint density at radius 3 is 2.21 bits per heavy atom. The molecular weight excluding hydrogens is 425 g/mol. The monoisotopic (exact) mass is 461 g/mol. The third-order valence-corrected chi connectivity index (χ3v) is 7.13. The zero-order valence-corrected chi connectivity index (χ0v) is 21.0. The number of imidazole rings is 2. The summed E-state index contributed by atoms with van der Waals surface area (Å²) in [6.45, 7) is 8.62. The lowest BCUT2D eigenvalue weighted by Gasteiger charge is -2.30. The van der Waals surface area contributed by atoms with Gasteiger partial charge >= 0.3 is 0 Å². The maximum atomic E-state index is 14.6. The average Bonchev–Trinajstić information content (AvgIpc) is 3.40. The fraction of sp³-hybridized carbons (Fsp3) is 0.393. The van der Waals surface area contributed by atoms with Crippen molar-refractivity contribution < 1.29 is 13.5 Å². The van der Waals surface area contributed by atoms with Crippen LogP contribution in [0.5, 0.6) is 0 Å². The van der Waals surface area contributed by atoms with Gasteiger partial charge in [0.15, 0.2) is 5.82 Å². The normalized spacial score (nSPS) is 13.2. The molecule has 0 fully saturated rings. The number of hydrogen-bond acceptors (Lipinski definition) is 1. The highest BCUT2D eigenvalue weighted by Crippen LogP contribution is 2.38. The molecule has 0 aliphatic carbocycles. The third kappa shape index (κ3) is 4.41. The van der Waals surface area contributed by atoms with E-state index in [0.29, 0.717) is 5.56 Å². The van der Waals surface area contributed by atoms with Crippen LogP contribution in [0.1, 0.15) is 45.6 Å². The van der Waals surface area contributed by atoms with Crippen molar-refractivity contribution >= 4 is 0 Å². The Morgan fingerprint density at radius 1 is 0.912 bits per heavy atom. The van der Waals surface area contributed by atoms with Gasteiger partial charge in [-0.25, -0.2) is 22.7 Å². The van der Waals surface area contributed by atoms with Crippen LogP contribution in [-0.2, 0) is 32.6 Å². The molecule has 0 radical (unpaired) electrons. The molecule has 4 rings (SSSR count). The molecule has 0 saturated carbocycles. The second-order valence-electron chi connectivity index (χ2n) is 9.42. The fourth-order valence-corrected chi connectivity index (χ4v) is 4.97. The van der Waals surface area contributed by atoms with Gasteiger partial charge in [-0.1, -0.05) is 39.0 Å². The van der Waals surface area contributed by atoms with Crippen LogP contribution in [0.25, 0.3) is 22.8 Å². The van der Waals surface area contributed by atoms with Gasteiger partial charge in [0.25, 0.3) is 11.6 Å². The van der Waals surface area contributed by atoms with Gasteiger partial charge in [0, 0.05) is 6.20 Å². The average molecular weight is 462 g/mol. The first-order valence-corrected chi connectivity index (χ1v) is 12.2. The van der Waals surface area contributed by atoms with Crippen molar-refractivity contribution in [3.63, 3.8) is 0 Å². The molecule has 3 heterocycles. The van der Waals surface area contributed by atoms with Gasteiger partial charge in [0.1, 0.15) is 30.4 Å². The lowest BCUT2D eigenvalue weighted by Crippen LogP contribution is -2.32. The summed E-state index contributed by atoms with van der Waals surface area (Å²) in [5.41, 5.74) is 3.18. The van der Waals surface area contributed by atoms with Crippen molar-refractivity contribution in [3.8, 4) is 22.8 Å². The van der Waals surface area contributed by atoms with E-state index in [-0.39, 0.29) is 11.2 Å². The molecule has 0 amide bonds. The van der Waals surface area contributed by atoms with Crippen LogP contribution < -0.4 is 9.13 Å². The molecule has 1 unspecified atom stereocenters. The van der Waals surface area contributed by atoms with Crippen LogP contribution in [0.15, 0.2) is 67.5 Å². The standard InChI is InChI=1S/C28H36FN5/c1-6-15-33-19-17-31(4)26(33)22-10-8-9-11-24(22)28(3,7-2)13-16-34-20-18-32(5)27(34)23-12-14-30-21-25(23)29/h8-12,14,17-21H,6-7,13,15-16H2,1-5H3/q+2. The molecule has 178 valence electrons. The smallest absolute Gasteiger partial charge is 0.262 e. The lowest BCUT2D eigenvalue weighted by atomic mass is 9.75. The zero-order chi connectivity index (χ0) is 24.3. The van der Waals surface area contributed by atoms with Crippen molar-refractivity contribution in [2.45, 2.75) is 58.5 Å². The van der Waals surface area contributed by atoms with Crippen molar-refractivity contribution in [2.24, 2.45) is 14.1 Å². The van der Waals surface area contributed by atoms with E-state index < -0.39 is 0 Å². The van der Waals surface area contributed by atoms with Gasteiger partial charge in [-0.05, 0) is 42.4 Å². The number of aromatic nitrogens is 5. The predicted octanol–water partition coefficient (Wildman–Crippen LogP) is 4.97. The van der Waals surface area contributed by atoms with E-state index in [1.807, 2.05) is 24.0 Å². The number of halogens is 1. The van der Waals surface area contributed by atoms with Gasteiger partial charge in [0.2, 0.25) is 0 Å². The van der Waals surface area contributed by atoms with Crippen LogP contribution in [0.3, 0.4) is 0 Å². The van der Waals surface area contributed by atoms with E-state index in [4.69, 9.17) is 0 Å². The van der Waals surface area contributed by atoms with Gasteiger partial charge in [-0.3, -0.25) is 4.98 Å². The molecule has 3 aromatic heterocycles. The van der Waals surface area contributed by atoms with Crippen molar-refractivity contribution in [3.05, 3.63) is 78.9 Å². The van der Waals surface area contributed by atoms with Gasteiger partial charge in [0.05, 0.1) is 38.9 Å². The number of benzene rings is 1. The summed E-state index contributed by atoms with van der Waals surface area (Å²) < 4.78 is 23.3. The van der Waals surface area contributed by atoms with E-state index in [0.717, 1.165) is 38.2 Å². The molecule has 1 aromatic carbocycles. The highest BCUT2D eigenvalue weighted by atomic mass is 19.1. The second kappa shape index (κ2) is 9.92. The number of rotatable bonds is 9. The Morgan fingerprint density at radius 2 is 1.56 bits per heavy atom. The quantitative estimate of drug-likeness (QED) is 0.324.